The average molecular weight is 273 g/mol. The maximum absolute atomic E-state index is 11.8. The summed E-state index contributed by atoms with van der Waals surface area (Å²) in [5.74, 6) is -0.613. The van der Waals surface area contributed by atoms with Gasteiger partial charge in [-0.3, -0.25) is 4.79 Å². The van der Waals surface area contributed by atoms with Crippen molar-refractivity contribution in [1.29, 1.82) is 0 Å². The normalized spacial score (nSPS) is 15.9. The number of carbonyl (C=O) groups excluding carboxylic acids is 1. The van der Waals surface area contributed by atoms with E-state index in [9.17, 15) is 13.2 Å². The molecule has 0 aliphatic carbocycles. The minimum Gasteiger partial charge on any atom is -0.501 e. The highest BCUT2D eigenvalue weighted by Gasteiger charge is 2.22. The predicted molar refractivity (Wildman–Crippen MR) is 62.9 cm³/mol. The topological polar surface area (TPSA) is 72.5 Å². The first-order valence-electron chi connectivity index (χ1n) is 5.01. The summed E-state index contributed by atoms with van der Waals surface area (Å²) in [6.45, 7) is 0.564. The van der Waals surface area contributed by atoms with Crippen molar-refractivity contribution >= 4 is 27.3 Å². The SMILES string of the molecule is O=C(NS(=O)(=O)c1cccs1)C1=COCCC1. The quantitative estimate of drug-likeness (QED) is 0.899. The molecule has 1 aromatic rings. The maximum Gasteiger partial charge on any atom is 0.273 e. The number of thiophene rings is 1. The maximum atomic E-state index is 11.8. The van der Waals surface area contributed by atoms with Gasteiger partial charge in [-0.05, 0) is 24.3 Å². The van der Waals surface area contributed by atoms with Crippen molar-refractivity contribution in [2.75, 3.05) is 6.61 Å². The molecule has 0 fully saturated rings. The summed E-state index contributed by atoms with van der Waals surface area (Å²) in [7, 11) is -3.74. The first-order valence-corrected chi connectivity index (χ1v) is 7.37. The third-order valence-electron chi connectivity index (χ3n) is 2.21. The lowest BCUT2D eigenvalue weighted by Gasteiger charge is -2.13. The van der Waals surface area contributed by atoms with Crippen molar-refractivity contribution < 1.29 is 17.9 Å². The fourth-order valence-corrected chi connectivity index (χ4v) is 3.37. The molecule has 0 saturated carbocycles. The minimum atomic E-state index is -3.74. The first kappa shape index (κ1) is 12.1. The van der Waals surface area contributed by atoms with Crippen LogP contribution in [0, 0.1) is 0 Å². The van der Waals surface area contributed by atoms with Crippen LogP contribution in [-0.2, 0) is 19.6 Å². The van der Waals surface area contributed by atoms with Crippen molar-refractivity contribution in [2.45, 2.75) is 17.1 Å². The summed E-state index contributed by atoms with van der Waals surface area (Å²) in [6.07, 6.45) is 2.58. The van der Waals surface area contributed by atoms with Crippen LogP contribution < -0.4 is 4.72 Å². The van der Waals surface area contributed by atoms with Gasteiger partial charge in [-0.15, -0.1) is 11.3 Å². The van der Waals surface area contributed by atoms with Gasteiger partial charge in [0.2, 0.25) is 0 Å². The van der Waals surface area contributed by atoms with Crippen LogP contribution in [0.2, 0.25) is 0 Å². The van der Waals surface area contributed by atoms with Gasteiger partial charge in [0, 0.05) is 0 Å². The van der Waals surface area contributed by atoms with Gasteiger partial charge in [0.15, 0.2) is 0 Å². The molecule has 0 radical (unpaired) electrons. The summed E-state index contributed by atoms with van der Waals surface area (Å²) < 4.78 is 30.7. The Kier molecular flexibility index (Phi) is 3.49. The highest BCUT2D eigenvalue weighted by molar-refractivity contribution is 7.92. The van der Waals surface area contributed by atoms with E-state index in [-0.39, 0.29) is 4.21 Å². The van der Waals surface area contributed by atoms with Gasteiger partial charge < -0.3 is 4.74 Å². The number of rotatable bonds is 3. The standard InChI is InChI=1S/C10H11NO4S2/c12-10(8-3-1-5-15-7-8)11-17(13,14)9-4-2-6-16-9/h2,4,6-7H,1,3,5H2,(H,11,12). The molecule has 1 aliphatic heterocycles. The molecular weight excluding hydrogens is 262 g/mol. The Morgan fingerprint density at radius 3 is 2.88 bits per heavy atom. The number of hydrogen-bond acceptors (Lipinski definition) is 5. The summed E-state index contributed by atoms with van der Waals surface area (Å²) in [5, 5.41) is 1.64. The van der Waals surface area contributed by atoms with Crippen LogP contribution in [0.15, 0.2) is 33.6 Å². The Labute approximate surface area is 103 Å². The molecule has 2 heterocycles. The zero-order chi connectivity index (χ0) is 12.3. The molecule has 1 amide bonds. The molecule has 0 aromatic carbocycles. The second-order valence-electron chi connectivity index (χ2n) is 3.48. The molecule has 1 aliphatic rings. The van der Waals surface area contributed by atoms with Crippen LogP contribution in [0.3, 0.4) is 0 Å². The summed E-state index contributed by atoms with van der Waals surface area (Å²) in [5.41, 5.74) is 0.358. The van der Waals surface area contributed by atoms with Gasteiger partial charge in [0.25, 0.3) is 15.9 Å². The van der Waals surface area contributed by atoms with Crippen LogP contribution in [0.1, 0.15) is 12.8 Å². The Morgan fingerprint density at radius 1 is 1.47 bits per heavy atom. The lowest BCUT2D eigenvalue weighted by atomic mass is 10.1. The second kappa shape index (κ2) is 4.89. The van der Waals surface area contributed by atoms with Gasteiger partial charge in [-0.25, -0.2) is 13.1 Å². The first-order chi connectivity index (χ1) is 8.09. The van der Waals surface area contributed by atoms with Gasteiger partial charge in [0.1, 0.15) is 4.21 Å². The highest BCUT2D eigenvalue weighted by Crippen LogP contribution is 2.17. The largest absolute Gasteiger partial charge is 0.501 e. The Bertz CT molecular complexity index is 531. The number of ether oxygens (including phenoxy) is 1. The number of sulfonamides is 1. The molecule has 92 valence electrons. The fourth-order valence-electron chi connectivity index (χ4n) is 1.39. The number of carbonyl (C=O) groups is 1. The molecule has 0 saturated heterocycles. The summed E-state index contributed by atoms with van der Waals surface area (Å²) >= 11 is 1.07. The molecule has 0 atom stereocenters. The Hall–Kier alpha value is -1.34. The zero-order valence-corrected chi connectivity index (χ0v) is 10.5. The Morgan fingerprint density at radius 2 is 2.29 bits per heavy atom. The molecule has 7 heteroatoms. The third-order valence-corrected chi connectivity index (χ3v) is 4.94. The van der Waals surface area contributed by atoms with Crippen LogP contribution in [-0.4, -0.2) is 20.9 Å². The van der Waals surface area contributed by atoms with Crippen molar-refractivity contribution in [3.63, 3.8) is 0 Å². The van der Waals surface area contributed by atoms with Crippen molar-refractivity contribution in [3.8, 4) is 0 Å². The van der Waals surface area contributed by atoms with E-state index >= 15 is 0 Å². The van der Waals surface area contributed by atoms with Crippen LogP contribution in [0.25, 0.3) is 0 Å². The molecule has 1 N–H and O–H groups in total. The monoisotopic (exact) mass is 273 g/mol. The van der Waals surface area contributed by atoms with Crippen molar-refractivity contribution in [1.82, 2.24) is 4.72 Å². The van der Waals surface area contributed by atoms with Crippen LogP contribution in [0.4, 0.5) is 0 Å². The van der Waals surface area contributed by atoms with E-state index in [1.54, 1.807) is 11.4 Å². The molecular formula is C10H11NO4S2. The molecule has 17 heavy (non-hydrogen) atoms. The predicted octanol–water partition coefficient (Wildman–Crippen LogP) is 1.25. The van der Waals surface area contributed by atoms with Gasteiger partial charge in [-0.2, -0.15) is 0 Å². The van der Waals surface area contributed by atoms with Crippen LogP contribution >= 0.6 is 11.3 Å². The molecule has 2 rings (SSSR count). The van der Waals surface area contributed by atoms with E-state index in [0.29, 0.717) is 18.6 Å². The zero-order valence-electron chi connectivity index (χ0n) is 8.88. The molecule has 1 aromatic heterocycles. The van der Waals surface area contributed by atoms with Gasteiger partial charge in [0.05, 0.1) is 18.4 Å². The molecule has 0 unspecified atom stereocenters. The highest BCUT2D eigenvalue weighted by atomic mass is 32.2. The summed E-state index contributed by atoms with van der Waals surface area (Å²) in [6, 6.07) is 3.07. The van der Waals surface area contributed by atoms with E-state index in [1.807, 2.05) is 4.72 Å². The van der Waals surface area contributed by atoms with E-state index in [0.717, 1.165) is 17.8 Å². The van der Waals surface area contributed by atoms with E-state index in [1.165, 1.54) is 12.3 Å². The molecule has 0 spiro atoms. The third kappa shape index (κ3) is 2.86. The van der Waals surface area contributed by atoms with E-state index in [4.69, 9.17) is 4.74 Å². The Balaban J connectivity index is 2.11. The van der Waals surface area contributed by atoms with Gasteiger partial charge in [-0.1, -0.05) is 6.07 Å². The number of amides is 1. The second-order valence-corrected chi connectivity index (χ2v) is 6.34. The minimum absolute atomic E-state index is 0.128. The average Bonchev–Trinajstić information content (AvgIpc) is 2.84. The van der Waals surface area contributed by atoms with Crippen LogP contribution in [0.5, 0.6) is 0 Å². The smallest absolute Gasteiger partial charge is 0.273 e. The molecule has 0 bridgehead atoms. The van der Waals surface area contributed by atoms with Gasteiger partial charge >= 0.3 is 0 Å². The van der Waals surface area contributed by atoms with E-state index in [2.05, 4.69) is 0 Å². The van der Waals surface area contributed by atoms with E-state index < -0.39 is 15.9 Å². The number of hydrogen-bond donors (Lipinski definition) is 1. The number of nitrogens with one attached hydrogen (secondary N) is 1. The fraction of sp³-hybridized carbons (Fsp3) is 0.300. The molecule has 5 nitrogen and oxygen atoms in total. The van der Waals surface area contributed by atoms with Crippen molar-refractivity contribution in [2.24, 2.45) is 0 Å². The lowest BCUT2D eigenvalue weighted by Crippen LogP contribution is -2.32. The lowest BCUT2D eigenvalue weighted by molar-refractivity contribution is -0.116. The van der Waals surface area contributed by atoms with Crippen molar-refractivity contribution in [3.05, 3.63) is 29.3 Å². The summed E-state index contributed by atoms with van der Waals surface area (Å²) in [4.78, 5) is 11.7.